The van der Waals surface area contributed by atoms with E-state index < -0.39 is 30.2 Å². The highest BCUT2D eigenvalue weighted by molar-refractivity contribution is 6.30. The van der Waals surface area contributed by atoms with E-state index in [9.17, 15) is 18.8 Å². The zero-order chi connectivity index (χ0) is 24.4. The summed E-state index contributed by atoms with van der Waals surface area (Å²) in [4.78, 5) is 21.8. The van der Waals surface area contributed by atoms with Gasteiger partial charge in [-0.15, -0.1) is 0 Å². The fraction of sp³-hybridized carbons (Fsp3) is 0.167. The predicted molar refractivity (Wildman–Crippen MR) is 120 cm³/mol. The highest BCUT2D eigenvalue weighted by Crippen LogP contribution is 2.24. The number of nitrogens with one attached hydrogen (secondary N) is 1. The van der Waals surface area contributed by atoms with Crippen LogP contribution in [0.15, 0.2) is 48.7 Å². The van der Waals surface area contributed by atoms with Gasteiger partial charge in [-0.1, -0.05) is 29.8 Å². The zero-order valence-electron chi connectivity index (χ0n) is 18.1. The van der Waals surface area contributed by atoms with Gasteiger partial charge in [0.2, 0.25) is 5.65 Å². The number of nitrogens with zero attached hydrogens (tertiary/aromatic N) is 4. The number of ether oxygens (including phenoxy) is 1. The van der Waals surface area contributed by atoms with Crippen molar-refractivity contribution in [3.63, 3.8) is 0 Å². The molecule has 1 atom stereocenters. The molecule has 0 fully saturated rings. The lowest BCUT2D eigenvalue weighted by atomic mass is 10.1. The summed E-state index contributed by atoms with van der Waals surface area (Å²) in [6.45, 7) is 2.89. The summed E-state index contributed by atoms with van der Waals surface area (Å²) in [5.41, 5.74) is 1.55. The van der Waals surface area contributed by atoms with E-state index in [1.165, 1.54) is 10.5 Å². The van der Waals surface area contributed by atoms with E-state index in [-0.39, 0.29) is 22.8 Å². The third kappa shape index (κ3) is 4.54. The normalized spacial score (nSPS) is 11.8. The lowest BCUT2D eigenvalue weighted by molar-refractivity contribution is 0.0938. The molecule has 1 amide bonds. The number of hydrogen-bond acceptors (Lipinski definition) is 5. The molecule has 0 spiro atoms. The Bertz CT molecular complexity index is 1410. The van der Waals surface area contributed by atoms with Gasteiger partial charge < -0.3 is 10.1 Å². The van der Waals surface area contributed by atoms with E-state index in [0.717, 1.165) is 12.1 Å². The molecular weight excluding hydrogens is 464 g/mol. The summed E-state index contributed by atoms with van der Waals surface area (Å²) in [6, 6.07) is 11.2. The Morgan fingerprint density at radius 2 is 1.85 bits per heavy atom. The second kappa shape index (κ2) is 9.45. The fourth-order valence-electron chi connectivity index (χ4n) is 3.47. The molecule has 0 bridgehead atoms. The third-order valence-corrected chi connectivity index (χ3v) is 5.36. The van der Waals surface area contributed by atoms with Gasteiger partial charge in [0.15, 0.2) is 0 Å². The first-order valence-electron chi connectivity index (χ1n) is 10.2. The van der Waals surface area contributed by atoms with Gasteiger partial charge in [0.25, 0.3) is 11.8 Å². The summed E-state index contributed by atoms with van der Waals surface area (Å²) in [6.07, 6.45) is 1.59. The maximum Gasteiger partial charge on any atom is 0.271 e. The number of halogens is 3. The van der Waals surface area contributed by atoms with Gasteiger partial charge >= 0.3 is 0 Å². The molecule has 0 aliphatic carbocycles. The summed E-state index contributed by atoms with van der Waals surface area (Å²) >= 11 is 5.90. The lowest BCUT2D eigenvalue weighted by Gasteiger charge is -2.13. The first-order valence-corrected chi connectivity index (χ1v) is 10.5. The third-order valence-electron chi connectivity index (χ3n) is 5.11. The van der Waals surface area contributed by atoms with Crippen LogP contribution in [0, 0.1) is 36.8 Å². The smallest absolute Gasteiger partial charge is 0.271 e. The van der Waals surface area contributed by atoms with Crippen molar-refractivity contribution in [2.45, 2.75) is 26.5 Å². The number of aromatic nitrogens is 3. The molecule has 1 N–H and O–H groups in total. The Labute approximate surface area is 198 Å². The number of rotatable bonds is 6. The molecule has 1 unspecified atom stereocenters. The van der Waals surface area contributed by atoms with E-state index in [0.29, 0.717) is 22.0 Å². The number of nitriles is 1. The van der Waals surface area contributed by atoms with Gasteiger partial charge in [-0.05, 0) is 43.7 Å². The summed E-state index contributed by atoms with van der Waals surface area (Å²) in [5, 5.41) is 12.8. The first kappa shape index (κ1) is 23.1. The van der Waals surface area contributed by atoms with Gasteiger partial charge in [0, 0.05) is 11.2 Å². The lowest BCUT2D eigenvalue weighted by Crippen LogP contribution is -2.29. The Morgan fingerprint density at radius 1 is 1.18 bits per heavy atom. The summed E-state index contributed by atoms with van der Waals surface area (Å²) in [7, 11) is 0. The fourth-order valence-corrected chi connectivity index (χ4v) is 3.60. The van der Waals surface area contributed by atoms with Gasteiger partial charge in [-0.3, -0.25) is 9.20 Å². The molecule has 0 saturated carbocycles. The molecule has 10 heteroatoms. The molecule has 4 aromatic rings. The average Bonchev–Trinajstić information content (AvgIpc) is 3.13. The quantitative estimate of drug-likeness (QED) is 0.425. The van der Waals surface area contributed by atoms with Gasteiger partial charge in [0.1, 0.15) is 30.0 Å². The predicted octanol–water partition coefficient (Wildman–Crippen LogP) is 4.85. The maximum absolute atomic E-state index is 14.0. The molecule has 0 radical (unpaired) electrons. The van der Waals surface area contributed by atoms with Crippen molar-refractivity contribution in [3.8, 4) is 11.9 Å². The molecule has 7 nitrogen and oxygen atoms in total. The van der Waals surface area contributed by atoms with Crippen molar-refractivity contribution in [2.75, 3.05) is 0 Å². The number of aryl methyl sites for hydroxylation is 2. The van der Waals surface area contributed by atoms with Crippen LogP contribution in [0.5, 0.6) is 5.88 Å². The van der Waals surface area contributed by atoms with Crippen LogP contribution >= 0.6 is 11.6 Å². The van der Waals surface area contributed by atoms with Crippen LogP contribution in [0.3, 0.4) is 0 Å². The minimum atomic E-state index is -0.919. The minimum absolute atomic E-state index is 0.0133. The molecule has 0 aliphatic heterocycles. The standard InChI is InChI=1S/C24H18ClF2N5O2/c1-13-11-32-21(23(33)31-20(10-28)15-6-8-16(25)9-7-15)14(2)30-22(32)24(29-13)34-12-17-18(26)4-3-5-19(17)27/h3-9,11,20H,12H2,1-2H3,(H,31,33). The monoisotopic (exact) mass is 481 g/mol. The van der Waals surface area contributed by atoms with Crippen molar-refractivity contribution in [3.05, 3.63) is 93.5 Å². The minimum Gasteiger partial charge on any atom is -0.470 e. The second-order valence-electron chi connectivity index (χ2n) is 7.50. The van der Waals surface area contributed by atoms with Gasteiger partial charge in [-0.2, -0.15) is 5.26 Å². The Balaban J connectivity index is 1.66. The number of amides is 1. The second-order valence-corrected chi connectivity index (χ2v) is 7.94. The van der Waals surface area contributed by atoms with Crippen LogP contribution in [0.1, 0.15) is 39.0 Å². The van der Waals surface area contributed by atoms with E-state index in [2.05, 4.69) is 21.4 Å². The Hall–Kier alpha value is -4.03. The highest BCUT2D eigenvalue weighted by Gasteiger charge is 2.23. The van der Waals surface area contributed by atoms with Crippen LogP contribution in [-0.4, -0.2) is 20.3 Å². The van der Waals surface area contributed by atoms with Crippen LogP contribution < -0.4 is 10.1 Å². The van der Waals surface area contributed by atoms with Crippen molar-refractivity contribution >= 4 is 23.2 Å². The number of imidazole rings is 1. The molecule has 172 valence electrons. The van der Waals surface area contributed by atoms with E-state index >= 15 is 0 Å². The number of hydrogen-bond donors (Lipinski definition) is 1. The number of carbonyl (C=O) groups is 1. The van der Waals surface area contributed by atoms with Crippen molar-refractivity contribution < 1.29 is 18.3 Å². The molecule has 2 aromatic carbocycles. The molecular formula is C24H18ClF2N5O2. The Kier molecular flexibility index (Phi) is 6.43. The topological polar surface area (TPSA) is 92.3 Å². The largest absolute Gasteiger partial charge is 0.470 e. The van der Waals surface area contributed by atoms with E-state index in [1.54, 1.807) is 44.3 Å². The van der Waals surface area contributed by atoms with Crippen LogP contribution in [0.2, 0.25) is 5.02 Å². The molecule has 2 aromatic heterocycles. The van der Waals surface area contributed by atoms with Gasteiger partial charge in [0.05, 0.1) is 23.0 Å². The maximum atomic E-state index is 14.0. The number of carbonyl (C=O) groups excluding carboxylic acids is 1. The van der Waals surface area contributed by atoms with Crippen LogP contribution in [0.4, 0.5) is 8.78 Å². The van der Waals surface area contributed by atoms with E-state index in [4.69, 9.17) is 16.3 Å². The summed E-state index contributed by atoms with van der Waals surface area (Å²) in [5.74, 6) is -2.01. The molecule has 0 saturated heterocycles. The van der Waals surface area contributed by atoms with E-state index in [1.807, 2.05) is 0 Å². The molecule has 0 aliphatic rings. The number of benzene rings is 2. The summed E-state index contributed by atoms with van der Waals surface area (Å²) < 4.78 is 35.1. The van der Waals surface area contributed by atoms with Crippen LogP contribution in [-0.2, 0) is 6.61 Å². The first-order chi connectivity index (χ1) is 16.3. The SMILES string of the molecule is Cc1cn2c(C(=O)NC(C#N)c3ccc(Cl)cc3)c(C)nc2c(OCc2c(F)cccc2F)n1. The van der Waals surface area contributed by atoms with Crippen molar-refractivity contribution in [1.29, 1.82) is 5.26 Å². The van der Waals surface area contributed by atoms with Crippen molar-refractivity contribution in [2.24, 2.45) is 0 Å². The van der Waals surface area contributed by atoms with Crippen LogP contribution in [0.25, 0.3) is 5.65 Å². The highest BCUT2D eigenvalue weighted by atomic mass is 35.5. The number of fused-ring (bicyclic) bond motifs is 1. The van der Waals surface area contributed by atoms with Gasteiger partial charge in [-0.25, -0.2) is 18.7 Å². The average molecular weight is 482 g/mol. The van der Waals surface area contributed by atoms with Crippen molar-refractivity contribution in [1.82, 2.24) is 19.7 Å². The zero-order valence-corrected chi connectivity index (χ0v) is 18.9. The molecule has 34 heavy (non-hydrogen) atoms. The molecule has 2 heterocycles. The Morgan fingerprint density at radius 3 is 2.50 bits per heavy atom. The molecule has 4 rings (SSSR count).